The van der Waals surface area contributed by atoms with Crippen LogP contribution in [0.2, 0.25) is 0 Å². The first-order valence-corrected chi connectivity index (χ1v) is 10.5. The summed E-state index contributed by atoms with van der Waals surface area (Å²) < 4.78 is 29.5. The van der Waals surface area contributed by atoms with Gasteiger partial charge in [-0.15, -0.1) is 5.10 Å². The Hall–Kier alpha value is -3.41. The molecule has 1 amide bonds. The van der Waals surface area contributed by atoms with E-state index in [0.29, 0.717) is 16.0 Å². The molecule has 0 atom stereocenters. The van der Waals surface area contributed by atoms with Crippen LogP contribution in [0, 0.1) is 11.6 Å². The van der Waals surface area contributed by atoms with E-state index in [2.05, 4.69) is 25.3 Å². The van der Waals surface area contributed by atoms with Crippen LogP contribution in [0.5, 0.6) is 0 Å². The lowest BCUT2D eigenvalue weighted by Crippen LogP contribution is -2.32. The lowest BCUT2D eigenvalue weighted by molar-refractivity contribution is -0.122. The Bertz CT molecular complexity index is 1340. The van der Waals surface area contributed by atoms with Crippen molar-refractivity contribution >= 4 is 38.4 Å². The van der Waals surface area contributed by atoms with Crippen molar-refractivity contribution in [2.24, 2.45) is 0 Å². The van der Waals surface area contributed by atoms with Gasteiger partial charge in [-0.05, 0) is 30.5 Å². The van der Waals surface area contributed by atoms with Gasteiger partial charge in [0.15, 0.2) is 16.4 Å². The number of amides is 1. The summed E-state index contributed by atoms with van der Waals surface area (Å²) >= 11 is 1.42. The molecule has 31 heavy (non-hydrogen) atoms. The first-order chi connectivity index (χ1) is 15.0. The molecule has 5 rings (SSSR count). The fourth-order valence-electron chi connectivity index (χ4n) is 3.58. The molecule has 1 aliphatic heterocycles. The van der Waals surface area contributed by atoms with Crippen LogP contribution >= 0.6 is 11.3 Å². The fraction of sp³-hybridized carbons (Fsp3) is 0.316. The van der Waals surface area contributed by atoms with Gasteiger partial charge in [0, 0.05) is 25.7 Å². The number of nitrogens with zero attached hydrogens (tertiary/aromatic N) is 6. The van der Waals surface area contributed by atoms with Crippen LogP contribution in [0.4, 0.5) is 13.9 Å². The smallest absolute Gasteiger partial charge is 0.350 e. The first-order valence-electron chi connectivity index (χ1n) is 9.69. The lowest BCUT2D eigenvalue weighted by atomic mass is 10.2. The third-order valence-corrected chi connectivity index (χ3v) is 6.15. The number of thiazole rings is 1. The summed E-state index contributed by atoms with van der Waals surface area (Å²) in [5.41, 5.74) is 0.665. The third-order valence-electron chi connectivity index (χ3n) is 5.05. The summed E-state index contributed by atoms with van der Waals surface area (Å²) in [5, 5.41) is 7.68. The number of nitrogens with one attached hydrogen (secondary N) is 1. The van der Waals surface area contributed by atoms with E-state index in [1.165, 1.54) is 22.1 Å². The van der Waals surface area contributed by atoms with Gasteiger partial charge in [0.1, 0.15) is 29.2 Å². The van der Waals surface area contributed by atoms with E-state index in [1.54, 1.807) is 0 Å². The maximum atomic E-state index is 13.3. The van der Waals surface area contributed by atoms with Gasteiger partial charge in [-0.3, -0.25) is 4.79 Å². The minimum Gasteiger partial charge on any atom is -0.350 e. The van der Waals surface area contributed by atoms with Crippen molar-refractivity contribution in [3.63, 3.8) is 0 Å². The maximum Gasteiger partial charge on any atom is 0.352 e. The normalized spacial score (nSPS) is 14.1. The summed E-state index contributed by atoms with van der Waals surface area (Å²) in [6.07, 6.45) is 3.58. The molecule has 9 nitrogen and oxygen atoms in total. The highest BCUT2D eigenvalue weighted by Crippen LogP contribution is 2.31. The molecule has 0 aliphatic carbocycles. The highest BCUT2D eigenvalue weighted by molar-refractivity contribution is 7.22. The minimum absolute atomic E-state index is 0.0739. The zero-order chi connectivity index (χ0) is 21.5. The van der Waals surface area contributed by atoms with Crippen molar-refractivity contribution in [3.8, 4) is 0 Å². The second kappa shape index (κ2) is 7.69. The van der Waals surface area contributed by atoms with Crippen molar-refractivity contribution in [1.82, 2.24) is 29.5 Å². The van der Waals surface area contributed by atoms with E-state index in [-0.39, 0.29) is 18.7 Å². The van der Waals surface area contributed by atoms with E-state index in [9.17, 15) is 18.4 Å². The van der Waals surface area contributed by atoms with Gasteiger partial charge in [0.05, 0.1) is 0 Å². The highest BCUT2D eigenvalue weighted by atomic mass is 32.1. The summed E-state index contributed by atoms with van der Waals surface area (Å²) in [4.78, 5) is 35.9. The number of anilines is 1. The first kappa shape index (κ1) is 19.5. The molecule has 1 N–H and O–H groups in total. The van der Waals surface area contributed by atoms with E-state index in [1.807, 2.05) is 0 Å². The molecule has 160 valence electrons. The molecule has 1 aromatic carbocycles. The van der Waals surface area contributed by atoms with Crippen LogP contribution in [-0.4, -0.2) is 43.1 Å². The summed E-state index contributed by atoms with van der Waals surface area (Å²) in [6, 6.07) is 3.01. The van der Waals surface area contributed by atoms with Crippen LogP contribution in [-0.2, 0) is 17.9 Å². The second-order valence-electron chi connectivity index (χ2n) is 7.28. The molecule has 0 radical (unpaired) electrons. The van der Waals surface area contributed by atoms with E-state index in [0.717, 1.165) is 53.9 Å². The molecule has 12 heteroatoms. The number of benzene rings is 1. The molecule has 0 spiro atoms. The Morgan fingerprint density at radius 2 is 1.90 bits per heavy atom. The summed E-state index contributed by atoms with van der Waals surface area (Å²) in [5.74, 6) is -1.97. The van der Waals surface area contributed by atoms with Gasteiger partial charge in [0.25, 0.3) is 0 Å². The molecular weight excluding hydrogens is 428 g/mol. The number of fused-ring (bicyclic) bond motifs is 3. The van der Waals surface area contributed by atoms with Crippen molar-refractivity contribution in [1.29, 1.82) is 0 Å². The van der Waals surface area contributed by atoms with E-state index < -0.39 is 23.2 Å². The Balaban J connectivity index is 1.38. The molecular formula is C19H17F2N7O2S. The number of hydrogen-bond acceptors (Lipinski definition) is 7. The number of carbonyl (C=O) groups is 1. The van der Waals surface area contributed by atoms with E-state index >= 15 is 0 Å². The van der Waals surface area contributed by atoms with Gasteiger partial charge in [-0.2, -0.15) is 4.98 Å². The average Bonchev–Trinajstić information content (AvgIpc) is 3.45. The standard InChI is InChI=1S/C19H17F2N7O2S/c20-12-5-11(6-13(21)7-12)8-22-14(29)9-28-19(30)27-10-23-16-15(17(27)25-28)31-18(24-16)26-3-1-2-4-26/h5-7,10H,1-4,8-9H2,(H,22,29). The van der Waals surface area contributed by atoms with Crippen molar-refractivity contribution < 1.29 is 13.6 Å². The molecule has 1 aliphatic rings. The predicted octanol–water partition coefficient (Wildman–Crippen LogP) is 1.70. The summed E-state index contributed by atoms with van der Waals surface area (Å²) in [7, 11) is 0. The summed E-state index contributed by atoms with van der Waals surface area (Å²) in [6.45, 7) is 1.46. The monoisotopic (exact) mass is 445 g/mol. The van der Waals surface area contributed by atoms with Gasteiger partial charge in [0.2, 0.25) is 5.91 Å². The zero-order valence-electron chi connectivity index (χ0n) is 16.2. The van der Waals surface area contributed by atoms with Crippen LogP contribution in [0.1, 0.15) is 18.4 Å². The zero-order valence-corrected chi connectivity index (χ0v) is 17.0. The Morgan fingerprint density at radius 1 is 1.16 bits per heavy atom. The van der Waals surface area contributed by atoms with Crippen molar-refractivity contribution in [2.75, 3.05) is 18.0 Å². The van der Waals surface area contributed by atoms with Crippen LogP contribution in [0.3, 0.4) is 0 Å². The lowest BCUT2D eigenvalue weighted by Gasteiger charge is -2.11. The van der Waals surface area contributed by atoms with Gasteiger partial charge < -0.3 is 10.2 Å². The van der Waals surface area contributed by atoms with Crippen LogP contribution in [0.25, 0.3) is 16.0 Å². The van der Waals surface area contributed by atoms with Gasteiger partial charge >= 0.3 is 5.69 Å². The van der Waals surface area contributed by atoms with Crippen LogP contribution < -0.4 is 15.9 Å². The molecule has 4 heterocycles. The molecule has 1 fully saturated rings. The average molecular weight is 445 g/mol. The highest BCUT2D eigenvalue weighted by Gasteiger charge is 2.20. The Labute approximate surface area is 177 Å². The maximum absolute atomic E-state index is 13.3. The van der Waals surface area contributed by atoms with Crippen molar-refractivity contribution in [3.05, 3.63) is 52.2 Å². The molecule has 4 aromatic rings. The molecule has 0 bridgehead atoms. The number of hydrogen-bond donors (Lipinski definition) is 1. The number of aromatic nitrogens is 5. The molecule has 1 saturated heterocycles. The number of rotatable bonds is 5. The minimum atomic E-state index is -0.727. The van der Waals surface area contributed by atoms with Crippen molar-refractivity contribution in [2.45, 2.75) is 25.9 Å². The van der Waals surface area contributed by atoms with Crippen LogP contribution in [0.15, 0.2) is 29.3 Å². The predicted molar refractivity (Wildman–Crippen MR) is 110 cm³/mol. The number of carbonyl (C=O) groups excluding carboxylic acids is 1. The van der Waals surface area contributed by atoms with E-state index in [4.69, 9.17) is 0 Å². The third kappa shape index (κ3) is 3.74. The quantitative estimate of drug-likeness (QED) is 0.502. The molecule has 0 saturated carbocycles. The van der Waals surface area contributed by atoms with Gasteiger partial charge in [-0.25, -0.2) is 27.6 Å². The topological polar surface area (TPSA) is 97.4 Å². The molecule has 3 aromatic heterocycles. The largest absolute Gasteiger partial charge is 0.352 e. The Kier molecular flexibility index (Phi) is 4.85. The number of halogens is 2. The van der Waals surface area contributed by atoms with Gasteiger partial charge in [-0.1, -0.05) is 11.3 Å². The molecule has 0 unspecified atom stereocenters. The fourth-order valence-corrected chi connectivity index (χ4v) is 4.62. The Morgan fingerprint density at radius 3 is 2.65 bits per heavy atom. The SMILES string of the molecule is O=C(Cn1nc2c3sc(N4CCCC4)nc3ncn2c1=O)NCc1cc(F)cc(F)c1. The second-order valence-corrected chi connectivity index (χ2v) is 8.25.